The Morgan fingerprint density at radius 3 is 1.96 bits per heavy atom. The van der Waals surface area contributed by atoms with Crippen LogP contribution in [0, 0.1) is 11.3 Å². The average molecular weight is 376 g/mol. The van der Waals surface area contributed by atoms with E-state index < -0.39 is 0 Å². The van der Waals surface area contributed by atoms with Crippen molar-refractivity contribution in [2.45, 2.75) is 39.7 Å². The van der Waals surface area contributed by atoms with E-state index in [0.29, 0.717) is 15.5 Å². The molecule has 1 saturated heterocycles. The van der Waals surface area contributed by atoms with Gasteiger partial charge in [-0.25, -0.2) is 0 Å². The van der Waals surface area contributed by atoms with Crippen LogP contribution in [0.5, 0.6) is 0 Å². The minimum absolute atomic E-state index is 0.207. The molecule has 0 bridgehead atoms. The fourth-order valence-electron chi connectivity index (χ4n) is 4.01. The Hall–Kier alpha value is -1.02. The Balaban J connectivity index is 1.91. The van der Waals surface area contributed by atoms with Crippen molar-refractivity contribution in [3.05, 3.63) is 69.7 Å². The molecule has 0 spiro atoms. The lowest BCUT2D eigenvalue weighted by Gasteiger charge is -2.42. The van der Waals surface area contributed by atoms with Gasteiger partial charge in [-0.15, -0.1) is 0 Å². The second kappa shape index (κ2) is 7.70. The van der Waals surface area contributed by atoms with E-state index >= 15 is 0 Å². The van der Waals surface area contributed by atoms with Gasteiger partial charge >= 0.3 is 0 Å². The summed E-state index contributed by atoms with van der Waals surface area (Å²) < 4.78 is 0. The van der Waals surface area contributed by atoms with Gasteiger partial charge in [0.25, 0.3) is 0 Å². The van der Waals surface area contributed by atoms with Crippen molar-refractivity contribution >= 4 is 23.2 Å². The second-order valence-corrected chi connectivity index (χ2v) is 9.07. The lowest BCUT2D eigenvalue weighted by Crippen LogP contribution is -2.40. The predicted octanol–water partition coefficient (Wildman–Crippen LogP) is 6.84. The summed E-state index contributed by atoms with van der Waals surface area (Å²) in [5, 5.41) is 1.40. The summed E-state index contributed by atoms with van der Waals surface area (Å²) in [6, 6.07) is 16.8. The minimum atomic E-state index is 0.207. The maximum absolute atomic E-state index is 6.30. The highest BCUT2D eigenvalue weighted by Gasteiger charge is 2.32. The SMILES string of the molecule is CC(C)(C)C1CCN([C@H](c2ccccc2)c2cc(Cl)cc(Cl)c2)CC1. The Labute approximate surface area is 161 Å². The normalized spacial score (nSPS) is 18.3. The summed E-state index contributed by atoms with van der Waals surface area (Å²) in [7, 11) is 0. The molecule has 0 N–H and O–H groups in total. The number of piperidine rings is 1. The van der Waals surface area contributed by atoms with Crippen LogP contribution < -0.4 is 0 Å². The van der Waals surface area contributed by atoms with Crippen LogP contribution in [-0.2, 0) is 0 Å². The molecular formula is C22H27Cl2N. The molecule has 2 aromatic carbocycles. The van der Waals surface area contributed by atoms with Crippen molar-refractivity contribution in [2.24, 2.45) is 11.3 Å². The molecule has 1 aliphatic heterocycles. The Kier molecular flexibility index (Phi) is 5.78. The standard InChI is InChI=1S/C22H27Cl2N/c1-22(2,3)18-9-11-25(12-10-18)21(16-7-5-4-6-8-16)17-13-19(23)15-20(24)14-17/h4-8,13-15,18,21H,9-12H2,1-3H3/t21-/m1/s1. The fraction of sp³-hybridized carbons (Fsp3) is 0.455. The molecule has 3 heteroatoms. The minimum Gasteiger partial charge on any atom is -0.292 e. The van der Waals surface area contributed by atoms with Crippen molar-refractivity contribution in [1.29, 1.82) is 0 Å². The van der Waals surface area contributed by atoms with Crippen LogP contribution >= 0.6 is 23.2 Å². The molecular weight excluding hydrogens is 349 g/mol. The molecule has 1 aliphatic rings. The highest BCUT2D eigenvalue weighted by Crippen LogP contribution is 2.39. The van der Waals surface area contributed by atoms with Crippen molar-refractivity contribution in [3.63, 3.8) is 0 Å². The van der Waals surface area contributed by atoms with Gasteiger partial charge in [-0.3, -0.25) is 4.90 Å². The number of nitrogens with zero attached hydrogens (tertiary/aromatic N) is 1. The topological polar surface area (TPSA) is 3.24 Å². The smallest absolute Gasteiger partial charge is 0.0602 e. The molecule has 25 heavy (non-hydrogen) atoms. The molecule has 0 saturated carbocycles. The molecule has 1 atom stereocenters. The molecule has 1 nitrogen and oxygen atoms in total. The first kappa shape index (κ1) is 18.8. The Morgan fingerprint density at radius 1 is 0.880 bits per heavy atom. The zero-order valence-electron chi connectivity index (χ0n) is 15.3. The summed E-state index contributed by atoms with van der Waals surface area (Å²) in [4.78, 5) is 2.58. The van der Waals surface area contributed by atoms with Gasteiger partial charge < -0.3 is 0 Å². The van der Waals surface area contributed by atoms with E-state index in [2.05, 4.69) is 68.1 Å². The summed E-state index contributed by atoms with van der Waals surface area (Å²) >= 11 is 12.6. The number of likely N-dealkylation sites (tertiary alicyclic amines) is 1. The van der Waals surface area contributed by atoms with Crippen LogP contribution in [0.25, 0.3) is 0 Å². The van der Waals surface area contributed by atoms with Gasteiger partial charge in [-0.1, -0.05) is 74.3 Å². The van der Waals surface area contributed by atoms with Gasteiger partial charge in [0, 0.05) is 10.0 Å². The van der Waals surface area contributed by atoms with Crippen LogP contribution in [-0.4, -0.2) is 18.0 Å². The molecule has 2 aromatic rings. The predicted molar refractivity (Wildman–Crippen MR) is 108 cm³/mol. The third-order valence-electron chi connectivity index (χ3n) is 5.44. The largest absolute Gasteiger partial charge is 0.292 e. The van der Waals surface area contributed by atoms with E-state index in [1.54, 1.807) is 6.07 Å². The lowest BCUT2D eigenvalue weighted by atomic mass is 9.75. The Bertz CT molecular complexity index is 677. The maximum Gasteiger partial charge on any atom is 0.0602 e. The zero-order valence-corrected chi connectivity index (χ0v) is 16.8. The van der Waals surface area contributed by atoms with E-state index in [0.717, 1.165) is 19.0 Å². The molecule has 0 amide bonds. The van der Waals surface area contributed by atoms with Crippen molar-refractivity contribution in [3.8, 4) is 0 Å². The first-order valence-electron chi connectivity index (χ1n) is 9.09. The van der Waals surface area contributed by atoms with Gasteiger partial charge in [0.05, 0.1) is 6.04 Å². The van der Waals surface area contributed by atoms with E-state index in [4.69, 9.17) is 23.2 Å². The molecule has 134 valence electrons. The van der Waals surface area contributed by atoms with Crippen molar-refractivity contribution in [2.75, 3.05) is 13.1 Å². The monoisotopic (exact) mass is 375 g/mol. The average Bonchev–Trinajstić information content (AvgIpc) is 2.55. The zero-order chi connectivity index (χ0) is 18.0. The van der Waals surface area contributed by atoms with E-state index in [9.17, 15) is 0 Å². The third-order valence-corrected chi connectivity index (χ3v) is 5.87. The highest BCUT2D eigenvalue weighted by molar-refractivity contribution is 6.34. The fourth-order valence-corrected chi connectivity index (χ4v) is 4.55. The summed E-state index contributed by atoms with van der Waals surface area (Å²) in [6.45, 7) is 9.29. The number of hydrogen-bond acceptors (Lipinski definition) is 1. The molecule has 0 aliphatic carbocycles. The van der Waals surface area contributed by atoms with Gasteiger partial charge in [0.2, 0.25) is 0 Å². The molecule has 0 aromatic heterocycles. The number of hydrogen-bond donors (Lipinski definition) is 0. The molecule has 1 fully saturated rings. The van der Waals surface area contributed by atoms with Crippen LogP contribution in [0.1, 0.15) is 50.8 Å². The van der Waals surface area contributed by atoms with Crippen LogP contribution in [0.3, 0.4) is 0 Å². The van der Waals surface area contributed by atoms with Gasteiger partial charge in [0.1, 0.15) is 0 Å². The quantitative estimate of drug-likeness (QED) is 0.567. The summed E-state index contributed by atoms with van der Waals surface area (Å²) in [6.07, 6.45) is 2.47. The van der Waals surface area contributed by atoms with E-state index in [1.165, 1.54) is 24.0 Å². The molecule has 1 heterocycles. The molecule has 3 rings (SSSR count). The highest BCUT2D eigenvalue weighted by atomic mass is 35.5. The number of rotatable bonds is 3. The maximum atomic E-state index is 6.30. The molecule has 0 radical (unpaired) electrons. The lowest BCUT2D eigenvalue weighted by molar-refractivity contribution is 0.0936. The number of halogens is 2. The first-order chi connectivity index (χ1) is 11.8. The van der Waals surface area contributed by atoms with Crippen molar-refractivity contribution in [1.82, 2.24) is 4.90 Å². The van der Waals surface area contributed by atoms with Crippen molar-refractivity contribution < 1.29 is 0 Å². The number of benzene rings is 2. The van der Waals surface area contributed by atoms with Crippen LogP contribution in [0.2, 0.25) is 10.0 Å². The van der Waals surface area contributed by atoms with E-state index in [1.807, 2.05) is 0 Å². The second-order valence-electron chi connectivity index (χ2n) is 8.19. The summed E-state index contributed by atoms with van der Waals surface area (Å²) in [5.74, 6) is 0.781. The Morgan fingerprint density at radius 2 is 1.44 bits per heavy atom. The molecule has 0 unspecified atom stereocenters. The summed E-state index contributed by atoms with van der Waals surface area (Å²) in [5.41, 5.74) is 2.86. The third kappa shape index (κ3) is 4.58. The van der Waals surface area contributed by atoms with Gasteiger partial charge in [0.15, 0.2) is 0 Å². The van der Waals surface area contributed by atoms with Crippen LogP contribution in [0.4, 0.5) is 0 Å². The first-order valence-corrected chi connectivity index (χ1v) is 9.85. The van der Waals surface area contributed by atoms with Crippen LogP contribution in [0.15, 0.2) is 48.5 Å². The van der Waals surface area contributed by atoms with Gasteiger partial charge in [-0.05, 0) is 66.6 Å². The van der Waals surface area contributed by atoms with Gasteiger partial charge in [-0.2, -0.15) is 0 Å². The van der Waals surface area contributed by atoms with E-state index in [-0.39, 0.29) is 6.04 Å².